The van der Waals surface area contributed by atoms with Crippen LogP contribution >= 0.6 is 23.2 Å². The number of nitrogens with zero attached hydrogens (tertiary/aromatic N) is 1. The van der Waals surface area contributed by atoms with E-state index >= 15 is 0 Å². The van der Waals surface area contributed by atoms with E-state index in [2.05, 4.69) is 5.16 Å². The third-order valence-electron chi connectivity index (χ3n) is 2.91. The van der Waals surface area contributed by atoms with E-state index in [1.165, 1.54) is 19.1 Å². The number of para-hydroxylation sites is 1. The van der Waals surface area contributed by atoms with E-state index in [9.17, 15) is 4.79 Å². The van der Waals surface area contributed by atoms with E-state index in [4.69, 9.17) is 43.0 Å². The van der Waals surface area contributed by atoms with E-state index in [-0.39, 0.29) is 0 Å². The summed E-state index contributed by atoms with van der Waals surface area (Å²) in [5.41, 5.74) is 0.554. The number of halogens is 2. The van der Waals surface area contributed by atoms with Crippen molar-refractivity contribution in [2.24, 2.45) is 5.16 Å². The van der Waals surface area contributed by atoms with Crippen LogP contribution in [-0.2, 0) is 4.79 Å². The fourth-order valence-corrected chi connectivity index (χ4v) is 2.00. The van der Waals surface area contributed by atoms with Crippen molar-refractivity contribution in [2.75, 3.05) is 6.61 Å². The predicted octanol–water partition coefficient (Wildman–Crippen LogP) is 4.76. The molecule has 0 saturated carbocycles. The highest BCUT2D eigenvalue weighted by Gasteiger charge is 2.14. The SMILES string of the molecule is CC(COc1ccccc1)=NO.CC(Oc1ccc(Cl)cc1Cl)C(=O)O. The van der Waals surface area contributed by atoms with Crippen LogP contribution < -0.4 is 9.47 Å². The van der Waals surface area contributed by atoms with Gasteiger partial charge in [0, 0.05) is 5.02 Å². The zero-order valence-electron chi connectivity index (χ0n) is 14.2. The van der Waals surface area contributed by atoms with E-state index in [0.29, 0.717) is 28.1 Å². The van der Waals surface area contributed by atoms with E-state index in [1.807, 2.05) is 30.3 Å². The maximum Gasteiger partial charge on any atom is 0.344 e. The Balaban J connectivity index is 0.000000263. The molecule has 0 amide bonds. The van der Waals surface area contributed by atoms with Crippen molar-refractivity contribution < 1.29 is 24.6 Å². The van der Waals surface area contributed by atoms with Crippen LogP contribution in [-0.4, -0.2) is 34.7 Å². The Morgan fingerprint density at radius 3 is 2.38 bits per heavy atom. The summed E-state index contributed by atoms with van der Waals surface area (Å²) >= 11 is 11.4. The standard InChI is InChI=1S/C9H8Cl2O3.C9H11NO2/c1-5(9(12)13)14-8-3-2-6(10)4-7(8)11;1-8(10-11)7-12-9-5-3-2-4-6-9/h2-5H,1H3,(H,12,13);2-6,11H,7H2,1H3. The van der Waals surface area contributed by atoms with Gasteiger partial charge in [0.1, 0.15) is 18.1 Å². The highest BCUT2D eigenvalue weighted by Crippen LogP contribution is 2.28. The molecule has 26 heavy (non-hydrogen) atoms. The lowest BCUT2D eigenvalue weighted by atomic mass is 10.3. The van der Waals surface area contributed by atoms with Crippen LogP contribution in [0.15, 0.2) is 53.7 Å². The molecule has 0 heterocycles. The minimum atomic E-state index is -1.05. The molecule has 140 valence electrons. The van der Waals surface area contributed by atoms with Gasteiger partial charge in [-0.1, -0.05) is 46.6 Å². The summed E-state index contributed by atoms with van der Waals surface area (Å²) in [6.45, 7) is 3.44. The lowest BCUT2D eigenvalue weighted by Gasteiger charge is -2.11. The third-order valence-corrected chi connectivity index (χ3v) is 3.44. The van der Waals surface area contributed by atoms with Crippen molar-refractivity contribution >= 4 is 34.9 Å². The van der Waals surface area contributed by atoms with Gasteiger partial charge in [0.05, 0.1) is 10.7 Å². The van der Waals surface area contributed by atoms with Crippen LogP contribution in [0.1, 0.15) is 13.8 Å². The molecule has 2 aromatic carbocycles. The molecular formula is C18H19Cl2NO5. The van der Waals surface area contributed by atoms with E-state index in [1.54, 1.807) is 13.0 Å². The monoisotopic (exact) mass is 399 g/mol. The number of carbonyl (C=O) groups is 1. The Morgan fingerprint density at radius 1 is 1.19 bits per heavy atom. The summed E-state index contributed by atoms with van der Waals surface area (Å²) in [4.78, 5) is 10.5. The molecule has 0 spiro atoms. The summed E-state index contributed by atoms with van der Waals surface area (Å²) in [7, 11) is 0. The molecule has 0 bridgehead atoms. The topological polar surface area (TPSA) is 88.4 Å². The van der Waals surface area contributed by atoms with Gasteiger partial charge in [-0.3, -0.25) is 0 Å². The molecule has 0 saturated heterocycles. The number of carboxylic acids is 1. The van der Waals surface area contributed by atoms with Gasteiger partial charge in [0.25, 0.3) is 0 Å². The first kappa shape index (κ1) is 21.6. The molecule has 0 aliphatic rings. The predicted molar refractivity (Wildman–Crippen MR) is 101 cm³/mol. The normalized spacial score (nSPS) is 11.8. The van der Waals surface area contributed by atoms with Gasteiger partial charge >= 0.3 is 5.97 Å². The minimum Gasteiger partial charge on any atom is -0.488 e. The van der Waals surface area contributed by atoms with Crippen LogP contribution in [0.3, 0.4) is 0 Å². The number of benzene rings is 2. The molecule has 0 aliphatic heterocycles. The number of oxime groups is 1. The molecule has 0 fully saturated rings. The fraction of sp³-hybridized carbons (Fsp3) is 0.222. The Kier molecular flexibility index (Phi) is 9.33. The van der Waals surface area contributed by atoms with Gasteiger partial charge in [-0.15, -0.1) is 0 Å². The van der Waals surface area contributed by atoms with Gasteiger partial charge in [0.15, 0.2) is 6.10 Å². The molecule has 0 aromatic heterocycles. The zero-order valence-corrected chi connectivity index (χ0v) is 15.7. The number of carboxylic acid groups (broad SMARTS) is 1. The molecular weight excluding hydrogens is 381 g/mol. The van der Waals surface area contributed by atoms with Crippen molar-refractivity contribution in [1.29, 1.82) is 0 Å². The number of hydrogen-bond acceptors (Lipinski definition) is 5. The lowest BCUT2D eigenvalue weighted by molar-refractivity contribution is -0.144. The third kappa shape index (κ3) is 8.09. The van der Waals surface area contributed by atoms with Crippen LogP contribution in [0.2, 0.25) is 10.0 Å². The Labute approximate surface area is 161 Å². The Hall–Kier alpha value is -2.44. The van der Waals surface area contributed by atoms with E-state index < -0.39 is 12.1 Å². The molecule has 2 N–H and O–H groups in total. The second-order valence-corrected chi connectivity index (χ2v) is 5.95. The molecule has 0 radical (unpaired) electrons. The van der Waals surface area contributed by atoms with Crippen LogP contribution in [0, 0.1) is 0 Å². The molecule has 8 heteroatoms. The molecule has 1 atom stereocenters. The van der Waals surface area contributed by atoms with Crippen molar-refractivity contribution in [3.05, 3.63) is 58.6 Å². The van der Waals surface area contributed by atoms with Crippen molar-refractivity contribution in [1.82, 2.24) is 0 Å². The van der Waals surface area contributed by atoms with Gasteiger partial charge in [0.2, 0.25) is 0 Å². The van der Waals surface area contributed by atoms with Crippen molar-refractivity contribution in [2.45, 2.75) is 20.0 Å². The summed E-state index contributed by atoms with van der Waals surface area (Å²) < 4.78 is 10.3. The Morgan fingerprint density at radius 2 is 1.85 bits per heavy atom. The van der Waals surface area contributed by atoms with Gasteiger partial charge < -0.3 is 19.8 Å². The average Bonchev–Trinajstić information content (AvgIpc) is 2.63. The molecule has 2 rings (SSSR count). The zero-order chi connectivity index (χ0) is 19.5. The van der Waals surface area contributed by atoms with Crippen molar-refractivity contribution in [3.8, 4) is 11.5 Å². The molecule has 6 nitrogen and oxygen atoms in total. The summed E-state index contributed by atoms with van der Waals surface area (Å²) in [6, 6.07) is 14.0. The first-order valence-corrected chi connectivity index (χ1v) is 8.29. The molecule has 0 aliphatic carbocycles. The maximum atomic E-state index is 10.5. The minimum absolute atomic E-state index is 0.297. The average molecular weight is 400 g/mol. The maximum absolute atomic E-state index is 10.5. The lowest BCUT2D eigenvalue weighted by Crippen LogP contribution is -2.22. The second-order valence-electron chi connectivity index (χ2n) is 5.11. The summed E-state index contributed by atoms with van der Waals surface area (Å²) in [6.07, 6.45) is -0.936. The summed E-state index contributed by atoms with van der Waals surface area (Å²) in [5, 5.41) is 20.7. The van der Waals surface area contributed by atoms with Gasteiger partial charge in [-0.2, -0.15) is 0 Å². The Bertz CT molecular complexity index is 738. The highest BCUT2D eigenvalue weighted by atomic mass is 35.5. The highest BCUT2D eigenvalue weighted by molar-refractivity contribution is 6.35. The summed E-state index contributed by atoms with van der Waals surface area (Å²) in [5.74, 6) is 0.0440. The largest absolute Gasteiger partial charge is 0.488 e. The second kappa shape index (κ2) is 11.2. The molecule has 2 aromatic rings. The first-order chi connectivity index (χ1) is 12.3. The van der Waals surface area contributed by atoms with Crippen molar-refractivity contribution in [3.63, 3.8) is 0 Å². The van der Waals surface area contributed by atoms with Crippen LogP contribution in [0.4, 0.5) is 0 Å². The van der Waals surface area contributed by atoms with Crippen LogP contribution in [0.25, 0.3) is 0 Å². The number of aliphatic carboxylic acids is 1. The number of rotatable bonds is 6. The fourth-order valence-electron chi connectivity index (χ4n) is 1.55. The van der Waals surface area contributed by atoms with Gasteiger partial charge in [-0.05, 0) is 44.2 Å². The van der Waals surface area contributed by atoms with E-state index in [0.717, 1.165) is 5.75 Å². The smallest absolute Gasteiger partial charge is 0.344 e. The van der Waals surface area contributed by atoms with Crippen LogP contribution in [0.5, 0.6) is 11.5 Å². The quantitative estimate of drug-likeness (QED) is 0.415. The first-order valence-electron chi connectivity index (χ1n) is 7.53. The number of hydrogen-bond donors (Lipinski definition) is 2. The molecule has 1 unspecified atom stereocenters. The number of ether oxygens (including phenoxy) is 2. The van der Waals surface area contributed by atoms with Gasteiger partial charge in [-0.25, -0.2) is 4.79 Å².